The average Bonchev–Trinajstić information content (AvgIpc) is 2.86. The summed E-state index contributed by atoms with van der Waals surface area (Å²) in [7, 11) is 0. The molecule has 0 aliphatic heterocycles. The number of carbonyl (C=O) groups excluding carboxylic acids is 4. The van der Waals surface area contributed by atoms with Crippen LogP contribution in [0.1, 0.15) is 43.6 Å². The molecule has 2 N–H and O–H groups in total. The van der Waals surface area contributed by atoms with Gasteiger partial charge in [-0.05, 0) is 63.9 Å². The Labute approximate surface area is 214 Å². The van der Waals surface area contributed by atoms with Crippen LogP contribution in [0.2, 0.25) is 0 Å². The van der Waals surface area contributed by atoms with Gasteiger partial charge in [0.05, 0.1) is 18.8 Å². The van der Waals surface area contributed by atoms with E-state index in [9.17, 15) is 19.2 Å². The highest BCUT2D eigenvalue weighted by atomic mass is 16.7. The molecule has 2 rings (SSSR count). The smallest absolute Gasteiger partial charge is 0.458 e. The fourth-order valence-electron chi connectivity index (χ4n) is 2.93. The Morgan fingerprint density at radius 2 is 1.35 bits per heavy atom. The van der Waals surface area contributed by atoms with Gasteiger partial charge in [-0.25, -0.2) is 14.4 Å². The zero-order valence-electron chi connectivity index (χ0n) is 21.1. The largest absolute Gasteiger partial charge is 0.513 e. The van der Waals surface area contributed by atoms with Crippen molar-refractivity contribution in [3.8, 4) is 11.5 Å². The molecule has 0 saturated heterocycles. The van der Waals surface area contributed by atoms with Crippen LogP contribution < -0.4 is 15.2 Å². The number of ether oxygens (including phenoxy) is 6. The summed E-state index contributed by atoms with van der Waals surface area (Å²) in [5, 5.41) is 0. The minimum atomic E-state index is -1.09. The van der Waals surface area contributed by atoms with Gasteiger partial charge < -0.3 is 34.2 Å². The maximum absolute atomic E-state index is 12.6. The van der Waals surface area contributed by atoms with E-state index in [1.165, 1.54) is 18.2 Å². The number of carbonyl (C=O) groups is 4. The molecular weight excluding hydrogens is 486 g/mol. The van der Waals surface area contributed by atoms with E-state index in [0.29, 0.717) is 11.1 Å². The van der Waals surface area contributed by atoms with E-state index < -0.39 is 42.5 Å². The zero-order chi connectivity index (χ0) is 27.4. The number of rotatable bonds is 11. The third-order valence-corrected chi connectivity index (χ3v) is 4.94. The first-order valence-corrected chi connectivity index (χ1v) is 11.7. The van der Waals surface area contributed by atoms with Crippen molar-refractivity contribution < 1.29 is 47.6 Å². The Hall–Kier alpha value is -4.12. The van der Waals surface area contributed by atoms with Crippen LogP contribution in [-0.4, -0.2) is 55.7 Å². The Kier molecular flexibility index (Phi) is 11.4. The summed E-state index contributed by atoms with van der Waals surface area (Å²) in [4.78, 5) is 48.3. The molecular formula is C26H31NO10. The zero-order valence-corrected chi connectivity index (χ0v) is 21.1. The lowest BCUT2D eigenvalue weighted by atomic mass is 10.1. The van der Waals surface area contributed by atoms with E-state index in [1.54, 1.807) is 58.0 Å². The van der Waals surface area contributed by atoms with Gasteiger partial charge in [-0.3, -0.25) is 4.79 Å². The van der Waals surface area contributed by atoms with Gasteiger partial charge in [-0.15, -0.1) is 0 Å². The monoisotopic (exact) mass is 517 g/mol. The average molecular weight is 518 g/mol. The summed E-state index contributed by atoms with van der Waals surface area (Å²) < 4.78 is 30.4. The first-order chi connectivity index (χ1) is 17.6. The van der Waals surface area contributed by atoms with Crippen LogP contribution in [0.25, 0.3) is 0 Å². The number of nitrogens with two attached hydrogens (primary N) is 1. The Bertz CT molecular complexity index is 1070. The lowest BCUT2D eigenvalue weighted by Gasteiger charge is -2.22. The van der Waals surface area contributed by atoms with Crippen molar-refractivity contribution in [1.29, 1.82) is 0 Å². The molecule has 0 heterocycles. The van der Waals surface area contributed by atoms with E-state index in [4.69, 9.17) is 34.2 Å². The molecule has 0 unspecified atom stereocenters. The third-order valence-electron chi connectivity index (χ3n) is 4.94. The summed E-state index contributed by atoms with van der Waals surface area (Å²) in [6.07, 6.45) is -3.49. The molecule has 37 heavy (non-hydrogen) atoms. The summed E-state index contributed by atoms with van der Waals surface area (Å²) >= 11 is 0. The van der Waals surface area contributed by atoms with E-state index in [2.05, 4.69) is 0 Å². The topological polar surface area (TPSA) is 150 Å². The standard InChI is InChI=1S/C26H31NO10/c1-5-32-25(30)36-21-13-12-18(15-22(21)37-26(31)33-6-2)14-20(27)24(29)35-17(4)16(3)34-23(28)19-10-8-7-9-11-19/h7-13,15-17,20H,5-6,14,27H2,1-4H3/t16-,17+,20-/m0/s1. The number of esters is 2. The minimum Gasteiger partial charge on any atom is -0.458 e. The van der Waals surface area contributed by atoms with E-state index in [-0.39, 0.29) is 31.1 Å². The van der Waals surface area contributed by atoms with Gasteiger partial charge in [0.15, 0.2) is 11.5 Å². The lowest BCUT2D eigenvalue weighted by molar-refractivity contribution is -0.154. The molecule has 0 spiro atoms. The van der Waals surface area contributed by atoms with Gasteiger partial charge >= 0.3 is 24.2 Å². The van der Waals surface area contributed by atoms with Gasteiger partial charge in [0, 0.05) is 0 Å². The third kappa shape index (κ3) is 9.45. The molecule has 0 saturated carbocycles. The molecule has 11 nitrogen and oxygen atoms in total. The van der Waals surface area contributed by atoms with E-state index >= 15 is 0 Å². The van der Waals surface area contributed by atoms with Crippen molar-refractivity contribution in [3.05, 3.63) is 59.7 Å². The van der Waals surface area contributed by atoms with E-state index in [1.807, 2.05) is 0 Å². The fraction of sp³-hybridized carbons (Fsp3) is 0.385. The first-order valence-electron chi connectivity index (χ1n) is 11.7. The van der Waals surface area contributed by atoms with Gasteiger partial charge in [0.2, 0.25) is 0 Å². The lowest BCUT2D eigenvalue weighted by Crippen LogP contribution is -2.39. The van der Waals surface area contributed by atoms with Gasteiger partial charge in [0.25, 0.3) is 0 Å². The van der Waals surface area contributed by atoms with Crippen LogP contribution in [0.5, 0.6) is 11.5 Å². The Balaban J connectivity index is 2.02. The molecule has 2 aromatic carbocycles. The molecule has 0 aliphatic rings. The molecule has 0 aliphatic carbocycles. The number of hydrogen-bond donors (Lipinski definition) is 1. The second-order valence-corrected chi connectivity index (χ2v) is 7.78. The first kappa shape index (κ1) is 29.1. The summed E-state index contributed by atoms with van der Waals surface area (Å²) in [5.74, 6) is -1.48. The molecule has 11 heteroatoms. The van der Waals surface area contributed by atoms with Crippen LogP contribution in [-0.2, 0) is 30.2 Å². The van der Waals surface area contributed by atoms with Crippen LogP contribution in [0, 0.1) is 0 Å². The van der Waals surface area contributed by atoms with Crippen LogP contribution in [0.15, 0.2) is 48.5 Å². The number of hydrogen-bond acceptors (Lipinski definition) is 11. The molecule has 2 aromatic rings. The Morgan fingerprint density at radius 1 is 0.784 bits per heavy atom. The highest BCUT2D eigenvalue weighted by Crippen LogP contribution is 2.30. The normalized spacial score (nSPS) is 12.9. The van der Waals surface area contributed by atoms with Crippen molar-refractivity contribution in [2.75, 3.05) is 13.2 Å². The van der Waals surface area contributed by atoms with Crippen molar-refractivity contribution in [1.82, 2.24) is 0 Å². The summed E-state index contributed by atoms with van der Waals surface area (Å²) in [6, 6.07) is 11.6. The molecule has 0 amide bonds. The molecule has 200 valence electrons. The van der Waals surface area contributed by atoms with Crippen molar-refractivity contribution in [3.63, 3.8) is 0 Å². The van der Waals surface area contributed by atoms with Gasteiger partial charge in [-0.2, -0.15) is 0 Å². The quantitative estimate of drug-likeness (QED) is 0.263. The van der Waals surface area contributed by atoms with Crippen LogP contribution in [0.4, 0.5) is 9.59 Å². The predicted octanol–water partition coefficient (Wildman–Crippen LogP) is 3.80. The molecule has 0 bridgehead atoms. The van der Waals surface area contributed by atoms with Gasteiger partial charge in [-0.1, -0.05) is 24.3 Å². The minimum absolute atomic E-state index is 0.00259. The summed E-state index contributed by atoms with van der Waals surface area (Å²) in [5.41, 5.74) is 6.89. The molecule has 0 aromatic heterocycles. The summed E-state index contributed by atoms with van der Waals surface area (Å²) in [6.45, 7) is 6.55. The maximum atomic E-state index is 12.6. The SMILES string of the molecule is CCOC(=O)Oc1ccc(C[C@H](N)C(=O)O[C@H](C)[C@H](C)OC(=O)c2ccccc2)cc1OC(=O)OCC. The second kappa shape index (κ2) is 14.4. The van der Waals surface area contributed by atoms with Gasteiger partial charge in [0.1, 0.15) is 18.2 Å². The second-order valence-electron chi connectivity index (χ2n) is 7.78. The van der Waals surface area contributed by atoms with Crippen molar-refractivity contribution in [2.24, 2.45) is 5.73 Å². The van der Waals surface area contributed by atoms with Crippen molar-refractivity contribution >= 4 is 24.2 Å². The highest BCUT2D eigenvalue weighted by Gasteiger charge is 2.25. The molecule has 0 fully saturated rings. The maximum Gasteiger partial charge on any atom is 0.513 e. The number of benzene rings is 2. The predicted molar refractivity (Wildman–Crippen MR) is 130 cm³/mol. The molecule has 0 radical (unpaired) electrons. The fourth-order valence-corrected chi connectivity index (χ4v) is 2.93. The van der Waals surface area contributed by atoms with Crippen molar-refractivity contribution in [2.45, 2.75) is 52.4 Å². The van der Waals surface area contributed by atoms with Crippen LogP contribution >= 0.6 is 0 Å². The highest BCUT2D eigenvalue weighted by molar-refractivity contribution is 5.89. The molecule has 3 atom stereocenters. The van der Waals surface area contributed by atoms with Crippen LogP contribution in [0.3, 0.4) is 0 Å². The Morgan fingerprint density at radius 3 is 1.95 bits per heavy atom. The van der Waals surface area contributed by atoms with E-state index in [0.717, 1.165) is 0 Å².